The van der Waals surface area contributed by atoms with Crippen LogP contribution in [0.3, 0.4) is 0 Å². The van der Waals surface area contributed by atoms with E-state index in [1.165, 1.54) is 0 Å². The van der Waals surface area contributed by atoms with Gasteiger partial charge in [0.15, 0.2) is 0 Å². The molecule has 27 heavy (non-hydrogen) atoms. The standard InChI is InChI=1S/C20H33N3O4/c1-3-26-20(25)21-9-6-17(7-10-21)22-11-12-23(18(14-22)8-13-24)15-19-5-4-16(2)27-19/h4-5,17-18,24H,3,6-15H2,1-2H3/t18-/m1/s1. The van der Waals surface area contributed by atoms with Crippen molar-refractivity contribution < 1.29 is 19.1 Å². The quantitative estimate of drug-likeness (QED) is 0.816. The van der Waals surface area contributed by atoms with E-state index in [1.54, 1.807) is 0 Å². The predicted molar refractivity (Wildman–Crippen MR) is 103 cm³/mol. The van der Waals surface area contributed by atoms with Crippen LogP contribution in [0.25, 0.3) is 0 Å². The first-order chi connectivity index (χ1) is 13.1. The highest BCUT2D eigenvalue weighted by Crippen LogP contribution is 2.23. The van der Waals surface area contributed by atoms with E-state index in [4.69, 9.17) is 9.15 Å². The highest BCUT2D eigenvalue weighted by molar-refractivity contribution is 5.67. The molecule has 0 aliphatic carbocycles. The molecule has 1 aromatic rings. The van der Waals surface area contributed by atoms with Crippen LogP contribution in [0.15, 0.2) is 16.5 Å². The number of piperazine rings is 1. The maximum atomic E-state index is 11.9. The van der Waals surface area contributed by atoms with Gasteiger partial charge >= 0.3 is 6.09 Å². The first-order valence-corrected chi connectivity index (χ1v) is 10.2. The van der Waals surface area contributed by atoms with Gasteiger partial charge in [0.2, 0.25) is 0 Å². The molecular weight excluding hydrogens is 346 g/mol. The Labute approximate surface area is 161 Å². The number of piperidine rings is 1. The first kappa shape index (κ1) is 20.2. The van der Waals surface area contributed by atoms with Crippen molar-refractivity contribution in [3.05, 3.63) is 23.7 Å². The van der Waals surface area contributed by atoms with Crippen LogP contribution >= 0.6 is 0 Å². The minimum Gasteiger partial charge on any atom is -0.465 e. The first-order valence-electron chi connectivity index (χ1n) is 10.2. The number of ether oxygens (including phenoxy) is 1. The summed E-state index contributed by atoms with van der Waals surface area (Å²) in [5.41, 5.74) is 0. The van der Waals surface area contributed by atoms with Crippen molar-refractivity contribution in [3.8, 4) is 0 Å². The molecule has 0 radical (unpaired) electrons. The van der Waals surface area contributed by atoms with Crippen molar-refractivity contribution in [2.75, 3.05) is 45.9 Å². The van der Waals surface area contributed by atoms with E-state index in [0.717, 1.165) is 70.1 Å². The highest BCUT2D eigenvalue weighted by Gasteiger charge is 2.33. The molecule has 3 heterocycles. The summed E-state index contributed by atoms with van der Waals surface area (Å²) >= 11 is 0. The molecule has 7 heteroatoms. The summed E-state index contributed by atoms with van der Waals surface area (Å²) in [4.78, 5) is 18.7. The van der Waals surface area contributed by atoms with Gasteiger partial charge in [0, 0.05) is 51.4 Å². The van der Waals surface area contributed by atoms with Crippen LogP contribution in [0.1, 0.15) is 37.7 Å². The van der Waals surface area contributed by atoms with Gasteiger partial charge in [-0.1, -0.05) is 0 Å². The second-order valence-electron chi connectivity index (χ2n) is 7.56. The van der Waals surface area contributed by atoms with Crippen LogP contribution in [-0.2, 0) is 11.3 Å². The van der Waals surface area contributed by atoms with Crippen molar-refractivity contribution in [2.24, 2.45) is 0 Å². The third-order valence-corrected chi connectivity index (χ3v) is 5.76. The Balaban J connectivity index is 1.53. The lowest BCUT2D eigenvalue weighted by molar-refractivity contribution is 0.00955. The maximum absolute atomic E-state index is 11.9. The van der Waals surface area contributed by atoms with E-state index in [-0.39, 0.29) is 12.7 Å². The average molecular weight is 380 g/mol. The number of hydrogen-bond donors (Lipinski definition) is 1. The normalized spacial score (nSPS) is 22.9. The molecule has 1 amide bonds. The SMILES string of the molecule is CCOC(=O)N1CCC(N2CCN(Cc3ccc(C)o3)[C@H](CCO)C2)CC1. The van der Waals surface area contributed by atoms with Gasteiger partial charge in [-0.05, 0) is 45.2 Å². The Morgan fingerprint density at radius 2 is 2.04 bits per heavy atom. The number of carbonyl (C=O) groups is 1. The fourth-order valence-corrected chi connectivity index (χ4v) is 4.28. The molecule has 1 N–H and O–H groups in total. The number of likely N-dealkylation sites (tertiary alicyclic amines) is 1. The van der Waals surface area contributed by atoms with E-state index in [2.05, 4.69) is 9.80 Å². The number of furan rings is 1. The smallest absolute Gasteiger partial charge is 0.409 e. The molecule has 1 atom stereocenters. The molecule has 2 saturated heterocycles. The van der Waals surface area contributed by atoms with Gasteiger partial charge in [-0.3, -0.25) is 9.80 Å². The Kier molecular flexibility index (Phi) is 7.15. The summed E-state index contributed by atoms with van der Waals surface area (Å²) in [5, 5.41) is 9.52. The topological polar surface area (TPSA) is 69.4 Å². The second kappa shape index (κ2) is 9.57. The molecule has 0 bridgehead atoms. The number of rotatable bonds is 6. The zero-order valence-corrected chi connectivity index (χ0v) is 16.6. The number of nitrogens with zero attached hydrogens (tertiary/aromatic N) is 3. The van der Waals surface area contributed by atoms with E-state index >= 15 is 0 Å². The van der Waals surface area contributed by atoms with E-state index in [9.17, 15) is 9.90 Å². The maximum Gasteiger partial charge on any atom is 0.409 e. The van der Waals surface area contributed by atoms with Gasteiger partial charge in [-0.2, -0.15) is 0 Å². The van der Waals surface area contributed by atoms with Gasteiger partial charge in [-0.15, -0.1) is 0 Å². The molecule has 2 aliphatic heterocycles. The monoisotopic (exact) mass is 379 g/mol. The van der Waals surface area contributed by atoms with Crippen LogP contribution in [0.5, 0.6) is 0 Å². The molecule has 1 aromatic heterocycles. The minimum atomic E-state index is -0.187. The molecule has 3 rings (SSSR count). The van der Waals surface area contributed by atoms with Crippen LogP contribution in [0.2, 0.25) is 0 Å². The molecule has 0 saturated carbocycles. The van der Waals surface area contributed by atoms with Crippen LogP contribution in [0.4, 0.5) is 4.79 Å². The van der Waals surface area contributed by atoms with Gasteiger partial charge in [0.05, 0.1) is 13.2 Å². The minimum absolute atomic E-state index is 0.187. The fourth-order valence-electron chi connectivity index (χ4n) is 4.28. The molecular formula is C20H33N3O4. The molecule has 7 nitrogen and oxygen atoms in total. The highest BCUT2D eigenvalue weighted by atomic mass is 16.6. The molecule has 2 fully saturated rings. The van der Waals surface area contributed by atoms with E-state index in [0.29, 0.717) is 18.7 Å². The lowest BCUT2D eigenvalue weighted by Crippen LogP contribution is -2.57. The number of aliphatic hydroxyl groups is 1. The number of carbonyl (C=O) groups excluding carboxylic acids is 1. The lowest BCUT2D eigenvalue weighted by atomic mass is 9.99. The van der Waals surface area contributed by atoms with Crippen LogP contribution in [0, 0.1) is 6.92 Å². The Bertz CT molecular complexity index is 598. The van der Waals surface area contributed by atoms with Crippen molar-refractivity contribution in [3.63, 3.8) is 0 Å². The van der Waals surface area contributed by atoms with Crippen LogP contribution in [-0.4, -0.2) is 83.9 Å². The molecule has 2 aliphatic rings. The third kappa shape index (κ3) is 5.24. The summed E-state index contributed by atoms with van der Waals surface area (Å²) in [6.07, 6.45) is 2.56. The zero-order valence-electron chi connectivity index (χ0n) is 16.6. The largest absolute Gasteiger partial charge is 0.465 e. The van der Waals surface area contributed by atoms with Crippen molar-refractivity contribution in [1.29, 1.82) is 0 Å². The van der Waals surface area contributed by atoms with Gasteiger partial charge in [0.25, 0.3) is 0 Å². The molecule has 152 valence electrons. The number of aryl methyl sites for hydroxylation is 1. The van der Waals surface area contributed by atoms with Crippen molar-refractivity contribution in [2.45, 2.75) is 51.7 Å². The summed E-state index contributed by atoms with van der Waals surface area (Å²) in [6.45, 7) is 9.73. The molecule has 0 aromatic carbocycles. The fraction of sp³-hybridized carbons (Fsp3) is 0.750. The summed E-state index contributed by atoms with van der Waals surface area (Å²) < 4.78 is 10.9. The Morgan fingerprint density at radius 3 is 2.67 bits per heavy atom. The summed E-state index contributed by atoms with van der Waals surface area (Å²) in [5.74, 6) is 1.93. The van der Waals surface area contributed by atoms with Gasteiger partial charge < -0.3 is 19.2 Å². The zero-order chi connectivity index (χ0) is 19.2. The van der Waals surface area contributed by atoms with E-state index in [1.807, 2.05) is 30.9 Å². The van der Waals surface area contributed by atoms with E-state index < -0.39 is 0 Å². The second-order valence-corrected chi connectivity index (χ2v) is 7.56. The molecule has 0 unspecified atom stereocenters. The van der Waals surface area contributed by atoms with Crippen molar-refractivity contribution in [1.82, 2.24) is 14.7 Å². The number of amides is 1. The van der Waals surface area contributed by atoms with Gasteiger partial charge in [0.1, 0.15) is 11.5 Å². The number of hydrogen-bond acceptors (Lipinski definition) is 6. The Morgan fingerprint density at radius 1 is 1.26 bits per heavy atom. The number of aliphatic hydroxyl groups excluding tert-OH is 1. The van der Waals surface area contributed by atoms with Crippen LogP contribution < -0.4 is 0 Å². The lowest BCUT2D eigenvalue weighted by Gasteiger charge is -2.46. The molecule has 0 spiro atoms. The predicted octanol–water partition coefficient (Wildman–Crippen LogP) is 2.08. The van der Waals surface area contributed by atoms with Crippen molar-refractivity contribution >= 4 is 6.09 Å². The Hall–Kier alpha value is -1.57. The van der Waals surface area contributed by atoms with Gasteiger partial charge in [-0.25, -0.2) is 4.79 Å². The summed E-state index contributed by atoms with van der Waals surface area (Å²) in [6, 6.07) is 4.88. The summed E-state index contributed by atoms with van der Waals surface area (Å²) in [7, 11) is 0. The average Bonchev–Trinajstić information content (AvgIpc) is 3.08. The third-order valence-electron chi connectivity index (χ3n) is 5.76.